The van der Waals surface area contributed by atoms with Crippen molar-refractivity contribution in [2.45, 2.75) is 20.4 Å². The SMILES string of the molecule is CNc1ccc(CN(CC(N)=O)CC(C)C)cn1. The van der Waals surface area contributed by atoms with Gasteiger partial charge in [0.25, 0.3) is 0 Å². The van der Waals surface area contributed by atoms with Crippen LogP contribution in [-0.4, -0.2) is 35.9 Å². The Labute approximate surface area is 108 Å². The lowest BCUT2D eigenvalue weighted by atomic mass is 10.2. The van der Waals surface area contributed by atoms with Crippen LogP contribution in [0.15, 0.2) is 18.3 Å². The molecule has 0 bridgehead atoms. The summed E-state index contributed by atoms with van der Waals surface area (Å²) in [5.41, 5.74) is 6.34. The topological polar surface area (TPSA) is 71.2 Å². The molecule has 0 unspecified atom stereocenters. The van der Waals surface area contributed by atoms with Crippen molar-refractivity contribution in [1.82, 2.24) is 9.88 Å². The van der Waals surface area contributed by atoms with E-state index in [9.17, 15) is 4.79 Å². The Morgan fingerprint density at radius 2 is 2.22 bits per heavy atom. The van der Waals surface area contributed by atoms with E-state index in [2.05, 4.69) is 24.1 Å². The van der Waals surface area contributed by atoms with Gasteiger partial charge in [-0.3, -0.25) is 9.69 Å². The number of hydrogen-bond acceptors (Lipinski definition) is 4. The third kappa shape index (κ3) is 5.14. The van der Waals surface area contributed by atoms with Gasteiger partial charge in [-0.2, -0.15) is 0 Å². The fourth-order valence-electron chi connectivity index (χ4n) is 1.85. The van der Waals surface area contributed by atoms with E-state index in [1.165, 1.54) is 0 Å². The Morgan fingerprint density at radius 1 is 1.50 bits per heavy atom. The van der Waals surface area contributed by atoms with Crippen LogP contribution in [0, 0.1) is 5.92 Å². The highest BCUT2D eigenvalue weighted by atomic mass is 16.1. The first kappa shape index (κ1) is 14.4. The summed E-state index contributed by atoms with van der Waals surface area (Å²) in [7, 11) is 1.83. The molecule has 0 radical (unpaired) electrons. The average Bonchev–Trinajstić information content (AvgIpc) is 2.28. The highest BCUT2D eigenvalue weighted by Gasteiger charge is 2.11. The van der Waals surface area contributed by atoms with Crippen molar-refractivity contribution in [2.75, 3.05) is 25.5 Å². The third-order valence-corrected chi connectivity index (χ3v) is 2.49. The molecule has 1 heterocycles. The molecule has 0 aliphatic rings. The van der Waals surface area contributed by atoms with Crippen LogP contribution in [0.1, 0.15) is 19.4 Å². The molecule has 0 aromatic carbocycles. The van der Waals surface area contributed by atoms with Gasteiger partial charge in [-0.05, 0) is 17.5 Å². The first-order valence-electron chi connectivity index (χ1n) is 6.14. The Morgan fingerprint density at radius 3 is 2.67 bits per heavy atom. The fourth-order valence-corrected chi connectivity index (χ4v) is 1.85. The number of pyridine rings is 1. The largest absolute Gasteiger partial charge is 0.373 e. The minimum Gasteiger partial charge on any atom is -0.373 e. The zero-order valence-corrected chi connectivity index (χ0v) is 11.3. The van der Waals surface area contributed by atoms with Crippen molar-refractivity contribution < 1.29 is 4.79 Å². The smallest absolute Gasteiger partial charge is 0.231 e. The number of nitrogens with zero attached hydrogens (tertiary/aromatic N) is 2. The quantitative estimate of drug-likeness (QED) is 0.759. The number of aromatic nitrogens is 1. The molecule has 100 valence electrons. The Kier molecular flexibility index (Phi) is 5.58. The van der Waals surface area contributed by atoms with Crippen LogP contribution in [0.2, 0.25) is 0 Å². The molecule has 1 aromatic rings. The second kappa shape index (κ2) is 6.96. The summed E-state index contributed by atoms with van der Waals surface area (Å²) >= 11 is 0. The zero-order valence-electron chi connectivity index (χ0n) is 11.3. The minimum absolute atomic E-state index is 0.284. The van der Waals surface area contributed by atoms with Gasteiger partial charge < -0.3 is 11.1 Å². The van der Waals surface area contributed by atoms with E-state index < -0.39 is 0 Å². The average molecular weight is 250 g/mol. The number of amides is 1. The summed E-state index contributed by atoms with van der Waals surface area (Å²) in [5.74, 6) is 1.04. The molecule has 3 N–H and O–H groups in total. The lowest BCUT2D eigenvalue weighted by Gasteiger charge is -2.22. The summed E-state index contributed by atoms with van der Waals surface area (Å²) in [5, 5.41) is 2.97. The number of hydrogen-bond donors (Lipinski definition) is 2. The summed E-state index contributed by atoms with van der Waals surface area (Å²) in [6.07, 6.45) is 1.82. The molecule has 0 aliphatic heterocycles. The maximum absolute atomic E-state index is 11.0. The van der Waals surface area contributed by atoms with Gasteiger partial charge >= 0.3 is 0 Å². The van der Waals surface area contributed by atoms with Gasteiger partial charge in [0.2, 0.25) is 5.91 Å². The van der Waals surface area contributed by atoms with Crippen molar-refractivity contribution >= 4 is 11.7 Å². The molecular formula is C13H22N4O. The molecule has 5 heteroatoms. The molecule has 0 spiro atoms. The third-order valence-electron chi connectivity index (χ3n) is 2.49. The van der Waals surface area contributed by atoms with Gasteiger partial charge in [0, 0.05) is 26.3 Å². The number of carbonyl (C=O) groups is 1. The van der Waals surface area contributed by atoms with Crippen molar-refractivity contribution in [1.29, 1.82) is 0 Å². The van der Waals surface area contributed by atoms with Crippen LogP contribution in [0.5, 0.6) is 0 Å². The second-order valence-electron chi connectivity index (χ2n) is 4.83. The normalized spacial score (nSPS) is 10.9. The van der Waals surface area contributed by atoms with E-state index in [0.717, 1.165) is 17.9 Å². The van der Waals surface area contributed by atoms with E-state index in [1.807, 2.05) is 30.3 Å². The summed E-state index contributed by atoms with van der Waals surface area (Å²) < 4.78 is 0. The first-order chi connectivity index (χ1) is 8.51. The maximum Gasteiger partial charge on any atom is 0.231 e. The Bertz CT molecular complexity index is 375. The van der Waals surface area contributed by atoms with Gasteiger partial charge in [-0.1, -0.05) is 19.9 Å². The zero-order chi connectivity index (χ0) is 13.5. The monoisotopic (exact) mass is 250 g/mol. The van der Waals surface area contributed by atoms with Crippen molar-refractivity contribution in [2.24, 2.45) is 11.7 Å². The van der Waals surface area contributed by atoms with Crippen molar-refractivity contribution in [3.8, 4) is 0 Å². The Hall–Kier alpha value is -1.62. The van der Waals surface area contributed by atoms with Gasteiger partial charge in [0.15, 0.2) is 0 Å². The van der Waals surface area contributed by atoms with Crippen LogP contribution in [-0.2, 0) is 11.3 Å². The van der Waals surface area contributed by atoms with Gasteiger partial charge in [0.1, 0.15) is 5.82 Å². The van der Waals surface area contributed by atoms with Crippen LogP contribution in [0.25, 0.3) is 0 Å². The van der Waals surface area contributed by atoms with E-state index in [-0.39, 0.29) is 12.5 Å². The number of carbonyl (C=O) groups excluding carboxylic acids is 1. The number of rotatable bonds is 7. The maximum atomic E-state index is 11.0. The molecule has 0 atom stereocenters. The molecule has 18 heavy (non-hydrogen) atoms. The molecule has 0 aliphatic carbocycles. The number of anilines is 1. The van der Waals surface area contributed by atoms with E-state index in [4.69, 9.17) is 5.73 Å². The van der Waals surface area contributed by atoms with E-state index in [0.29, 0.717) is 12.5 Å². The second-order valence-corrected chi connectivity index (χ2v) is 4.83. The number of nitrogens with two attached hydrogens (primary N) is 1. The molecule has 1 aromatic heterocycles. The molecule has 0 saturated heterocycles. The van der Waals surface area contributed by atoms with Gasteiger partial charge in [-0.15, -0.1) is 0 Å². The lowest BCUT2D eigenvalue weighted by molar-refractivity contribution is -0.119. The fraction of sp³-hybridized carbons (Fsp3) is 0.538. The van der Waals surface area contributed by atoms with Crippen molar-refractivity contribution in [3.63, 3.8) is 0 Å². The van der Waals surface area contributed by atoms with Crippen LogP contribution < -0.4 is 11.1 Å². The van der Waals surface area contributed by atoms with Gasteiger partial charge in [0.05, 0.1) is 6.54 Å². The predicted molar refractivity (Wildman–Crippen MR) is 73.1 cm³/mol. The van der Waals surface area contributed by atoms with Crippen LogP contribution in [0.3, 0.4) is 0 Å². The number of primary amides is 1. The molecule has 5 nitrogen and oxygen atoms in total. The standard InChI is InChI=1S/C13H22N4O/c1-10(2)7-17(9-12(14)18)8-11-4-5-13(15-3)16-6-11/h4-6,10H,7-9H2,1-3H3,(H2,14,18)(H,15,16). The van der Waals surface area contributed by atoms with Gasteiger partial charge in [-0.25, -0.2) is 4.98 Å². The molecule has 1 rings (SSSR count). The summed E-state index contributed by atoms with van der Waals surface area (Å²) in [4.78, 5) is 17.3. The first-order valence-corrected chi connectivity index (χ1v) is 6.14. The van der Waals surface area contributed by atoms with Crippen LogP contribution >= 0.6 is 0 Å². The predicted octanol–water partition coefficient (Wildman–Crippen LogP) is 1.07. The minimum atomic E-state index is -0.296. The Balaban J connectivity index is 2.65. The summed E-state index contributed by atoms with van der Waals surface area (Å²) in [6, 6.07) is 3.93. The van der Waals surface area contributed by atoms with E-state index >= 15 is 0 Å². The molecule has 0 saturated carbocycles. The van der Waals surface area contributed by atoms with E-state index in [1.54, 1.807) is 0 Å². The highest BCUT2D eigenvalue weighted by molar-refractivity contribution is 5.75. The van der Waals surface area contributed by atoms with Crippen LogP contribution in [0.4, 0.5) is 5.82 Å². The highest BCUT2D eigenvalue weighted by Crippen LogP contribution is 2.09. The molecule has 1 amide bonds. The summed E-state index contributed by atoms with van der Waals surface area (Å²) in [6.45, 7) is 6.06. The lowest BCUT2D eigenvalue weighted by Crippen LogP contribution is -2.35. The molecule has 0 fully saturated rings. The van der Waals surface area contributed by atoms with Crippen molar-refractivity contribution in [3.05, 3.63) is 23.9 Å². The number of nitrogens with one attached hydrogen (secondary N) is 1. The molecular weight excluding hydrogens is 228 g/mol.